The van der Waals surface area contributed by atoms with E-state index in [-0.39, 0.29) is 23.1 Å². The molecule has 0 unspecified atom stereocenters. The first-order chi connectivity index (χ1) is 14.5. The molecule has 2 heterocycles. The first-order valence-electron chi connectivity index (χ1n) is 9.54. The summed E-state index contributed by atoms with van der Waals surface area (Å²) in [5, 5.41) is 6.27. The molecule has 0 radical (unpaired) electrons. The predicted octanol–water partition coefficient (Wildman–Crippen LogP) is 2.32. The molecule has 0 atom stereocenters. The second-order valence-corrected chi connectivity index (χ2v) is 7.87. The van der Waals surface area contributed by atoms with E-state index in [1.54, 1.807) is 12.1 Å². The van der Waals surface area contributed by atoms with Crippen LogP contribution in [0.25, 0.3) is 0 Å². The van der Waals surface area contributed by atoms with E-state index < -0.39 is 11.9 Å². The fourth-order valence-electron chi connectivity index (χ4n) is 2.89. The van der Waals surface area contributed by atoms with Gasteiger partial charge in [0.25, 0.3) is 5.91 Å². The molecule has 0 bridgehead atoms. The molecule has 4 N–H and O–H groups in total. The zero-order chi connectivity index (χ0) is 21.3. The average molecular weight is 454 g/mol. The van der Waals surface area contributed by atoms with E-state index in [0.717, 1.165) is 56.4 Å². The normalized spacial score (nSPS) is 14.3. The number of carbonyl (C=O) groups excluding carboxylic acids is 2. The fourth-order valence-corrected chi connectivity index (χ4v) is 3.75. The molecular formula is C19H24ClN5O4S. The van der Waals surface area contributed by atoms with E-state index in [0.29, 0.717) is 11.6 Å². The van der Waals surface area contributed by atoms with Crippen LogP contribution >= 0.6 is 23.1 Å². The van der Waals surface area contributed by atoms with Crippen molar-refractivity contribution in [1.82, 2.24) is 14.6 Å². The van der Waals surface area contributed by atoms with Gasteiger partial charge in [0, 0.05) is 24.7 Å². The third-order valence-electron chi connectivity index (χ3n) is 4.46. The van der Waals surface area contributed by atoms with Crippen molar-refractivity contribution in [2.75, 3.05) is 44.7 Å². The second-order valence-electron chi connectivity index (χ2n) is 6.66. The molecule has 1 aliphatic rings. The Morgan fingerprint density at radius 2 is 2.00 bits per heavy atom. The van der Waals surface area contributed by atoms with Gasteiger partial charge in [-0.3, -0.25) is 15.0 Å². The van der Waals surface area contributed by atoms with Crippen molar-refractivity contribution < 1.29 is 19.1 Å². The summed E-state index contributed by atoms with van der Waals surface area (Å²) in [5.74, 6) is -0.637. The number of morpholine rings is 1. The highest BCUT2D eigenvalue weighted by molar-refractivity contribution is 7.11. The summed E-state index contributed by atoms with van der Waals surface area (Å²) in [7, 11) is 0. The van der Waals surface area contributed by atoms with Crippen LogP contribution < -0.4 is 21.1 Å². The number of anilines is 1. The molecule has 0 spiro atoms. The van der Waals surface area contributed by atoms with Crippen LogP contribution in [0.2, 0.25) is 5.02 Å². The van der Waals surface area contributed by atoms with E-state index in [1.807, 2.05) is 12.1 Å². The molecule has 0 saturated carbocycles. The number of carbonyl (C=O) groups is 2. The number of ether oxygens (including phenoxy) is 2. The van der Waals surface area contributed by atoms with Gasteiger partial charge in [0.15, 0.2) is 0 Å². The van der Waals surface area contributed by atoms with Gasteiger partial charge in [0.05, 0.1) is 13.2 Å². The molecule has 1 aliphatic heterocycles. The summed E-state index contributed by atoms with van der Waals surface area (Å²) in [6, 6.07) is 6.68. The zero-order valence-corrected chi connectivity index (χ0v) is 17.9. The fraction of sp³-hybridized carbons (Fsp3) is 0.421. The number of primary amides is 1. The average Bonchev–Trinajstić information content (AvgIpc) is 3.14. The zero-order valence-electron chi connectivity index (χ0n) is 16.4. The molecule has 3 amide bonds. The van der Waals surface area contributed by atoms with Crippen molar-refractivity contribution in [2.24, 2.45) is 5.73 Å². The van der Waals surface area contributed by atoms with E-state index in [9.17, 15) is 9.59 Å². The highest BCUT2D eigenvalue weighted by atomic mass is 35.5. The van der Waals surface area contributed by atoms with Crippen molar-refractivity contribution in [1.29, 1.82) is 0 Å². The molecule has 1 aromatic carbocycles. The topological polar surface area (TPSA) is 119 Å². The van der Waals surface area contributed by atoms with Crippen LogP contribution in [0.15, 0.2) is 24.3 Å². The highest BCUT2D eigenvalue weighted by Crippen LogP contribution is 2.30. The van der Waals surface area contributed by atoms with Gasteiger partial charge in [-0.25, -0.2) is 4.79 Å². The van der Waals surface area contributed by atoms with Crippen LogP contribution in [0.3, 0.4) is 0 Å². The van der Waals surface area contributed by atoms with Crippen molar-refractivity contribution in [3.05, 3.63) is 40.4 Å². The number of benzene rings is 1. The van der Waals surface area contributed by atoms with Gasteiger partial charge in [-0.2, -0.15) is 4.37 Å². The standard InChI is InChI=1S/C19H24ClN5O4S/c20-14-4-2-13(3-5-14)12-29-17-15(16(21)26)18(30-24-17)23-19(27)22-6-1-7-25-8-10-28-11-9-25/h2-5H,1,6-12H2,(H2,21,26)(H2,22,23,27). The van der Waals surface area contributed by atoms with Crippen molar-refractivity contribution in [2.45, 2.75) is 13.0 Å². The van der Waals surface area contributed by atoms with Gasteiger partial charge in [0.2, 0.25) is 5.88 Å². The predicted molar refractivity (Wildman–Crippen MR) is 115 cm³/mol. The first kappa shape index (κ1) is 22.3. The smallest absolute Gasteiger partial charge is 0.319 e. The summed E-state index contributed by atoms with van der Waals surface area (Å²) in [6.45, 7) is 4.90. The third kappa shape index (κ3) is 6.56. The molecule has 0 aliphatic carbocycles. The van der Waals surface area contributed by atoms with Crippen LogP contribution in [0, 0.1) is 0 Å². The number of aromatic nitrogens is 1. The molecule has 30 heavy (non-hydrogen) atoms. The monoisotopic (exact) mass is 453 g/mol. The molecular weight excluding hydrogens is 430 g/mol. The Morgan fingerprint density at radius 3 is 2.70 bits per heavy atom. The minimum Gasteiger partial charge on any atom is -0.472 e. The van der Waals surface area contributed by atoms with Crippen LogP contribution in [-0.2, 0) is 11.3 Å². The number of nitrogens with two attached hydrogens (primary N) is 1. The lowest BCUT2D eigenvalue weighted by Crippen LogP contribution is -2.38. The summed E-state index contributed by atoms with van der Waals surface area (Å²) in [4.78, 5) is 26.4. The quantitative estimate of drug-likeness (QED) is 0.501. The Bertz CT molecular complexity index is 855. The maximum Gasteiger partial charge on any atom is 0.319 e. The molecule has 3 rings (SSSR count). The number of amides is 3. The lowest BCUT2D eigenvalue weighted by atomic mass is 10.2. The Hall–Kier alpha value is -2.40. The van der Waals surface area contributed by atoms with Gasteiger partial charge in [-0.15, -0.1) is 0 Å². The Balaban J connectivity index is 1.49. The molecule has 9 nitrogen and oxygen atoms in total. The first-order valence-corrected chi connectivity index (χ1v) is 10.7. The maximum absolute atomic E-state index is 12.2. The minimum atomic E-state index is -0.725. The number of nitrogens with one attached hydrogen (secondary N) is 2. The number of urea groups is 1. The number of hydrogen-bond donors (Lipinski definition) is 3. The van der Waals surface area contributed by atoms with Crippen LogP contribution in [0.1, 0.15) is 22.3 Å². The lowest BCUT2D eigenvalue weighted by molar-refractivity contribution is 0.0375. The van der Waals surface area contributed by atoms with Crippen LogP contribution in [-0.4, -0.2) is 60.6 Å². The van der Waals surface area contributed by atoms with E-state index >= 15 is 0 Å². The van der Waals surface area contributed by atoms with Gasteiger partial charge in [-0.05, 0) is 42.2 Å². The Morgan fingerprint density at radius 1 is 1.27 bits per heavy atom. The minimum absolute atomic E-state index is 0.0532. The van der Waals surface area contributed by atoms with Crippen LogP contribution in [0.5, 0.6) is 5.88 Å². The molecule has 2 aromatic rings. The molecule has 1 fully saturated rings. The number of halogens is 1. The van der Waals surface area contributed by atoms with Crippen molar-refractivity contribution in [3.63, 3.8) is 0 Å². The molecule has 1 saturated heterocycles. The SMILES string of the molecule is NC(=O)c1c(OCc2ccc(Cl)cc2)nsc1NC(=O)NCCCN1CCOCC1. The molecule has 1 aromatic heterocycles. The van der Waals surface area contributed by atoms with E-state index in [4.69, 9.17) is 26.8 Å². The summed E-state index contributed by atoms with van der Waals surface area (Å²) < 4.78 is 15.0. The lowest BCUT2D eigenvalue weighted by Gasteiger charge is -2.26. The molecule has 162 valence electrons. The van der Waals surface area contributed by atoms with Gasteiger partial charge < -0.3 is 20.5 Å². The summed E-state index contributed by atoms with van der Waals surface area (Å²) >= 11 is 6.81. The number of hydrogen-bond acceptors (Lipinski definition) is 7. The summed E-state index contributed by atoms with van der Waals surface area (Å²) in [5.41, 5.74) is 6.38. The largest absolute Gasteiger partial charge is 0.472 e. The van der Waals surface area contributed by atoms with E-state index in [1.165, 1.54) is 0 Å². The third-order valence-corrected chi connectivity index (χ3v) is 5.46. The number of nitrogens with zero attached hydrogens (tertiary/aromatic N) is 2. The van der Waals surface area contributed by atoms with Gasteiger partial charge in [0.1, 0.15) is 17.2 Å². The van der Waals surface area contributed by atoms with E-state index in [2.05, 4.69) is 19.9 Å². The second kappa shape index (κ2) is 11.1. The Labute approximate surface area is 183 Å². The Kier molecular flexibility index (Phi) is 8.26. The summed E-state index contributed by atoms with van der Waals surface area (Å²) in [6.07, 6.45) is 0.814. The van der Waals surface area contributed by atoms with Crippen molar-refractivity contribution in [3.8, 4) is 5.88 Å². The molecule has 11 heteroatoms. The van der Waals surface area contributed by atoms with Gasteiger partial charge >= 0.3 is 6.03 Å². The van der Waals surface area contributed by atoms with Gasteiger partial charge in [-0.1, -0.05) is 23.7 Å². The number of rotatable bonds is 9. The van der Waals surface area contributed by atoms with Crippen LogP contribution in [0.4, 0.5) is 9.80 Å². The highest BCUT2D eigenvalue weighted by Gasteiger charge is 2.22. The van der Waals surface area contributed by atoms with Crippen molar-refractivity contribution >= 4 is 40.1 Å². The maximum atomic E-state index is 12.2.